The lowest BCUT2D eigenvalue weighted by molar-refractivity contribution is 0.0965. The molecule has 2 aromatic carbocycles. The van der Waals surface area contributed by atoms with Gasteiger partial charge in [0, 0.05) is 28.4 Å². The van der Waals surface area contributed by atoms with Gasteiger partial charge in [0.05, 0.1) is 4.90 Å². The van der Waals surface area contributed by atoms with Gasteiger partial charge in [0.2, 0.25) is 0 Å². The highest BCUT2D eigenvalue weighted by atomic mass is 35.7. The van der Waals surface area contributed by atoms with E-state index in [0.717, 1.165) is 11.1 Å². The topological polar surface area (TPSA) is 63.2 Å². The first kappa shape index (κ1) is 13.1. The highest BCUT2D eigenvalue weighted by molar-refractivity contribution is 8.13. The molecule has 0 aromatic heterocycles. The maximum Gasteiger partial charge on any atom is 0.261 e. The monoisotopic (exact) mass is 307 g/mol. The van der Waals surface area contributed by atoms with E-state index in [0.29, 0.717) is 17.7 Å². The van der Waals surface area contributed by atoms with Crippen molar-refractivity contribution < 1.29 is 13.2 Å². The maximum absolute atomic E-state index is 11.8. The number of carbonyl (C=O) groups is 1. The highest BCUT2D eigenvalue weighted by Crippen LogP contribution is 2.33. The molecule has 0 atom stereocenters. The molecule has 0 aliphatic carbocycles. The van der Waals surface area contributed by atoms with Gasteiger partial charge in [-0.1, -0.05) is 30.3 Å². The molecule has 0 unspecified atom stereocenters. The van der Waals surface area contributed by atoms with E-state index in [1.165, 1.54) is 6.07 Å². The van der Waals surface area contributed by atoms with Crippen molar-refractivity contribution in [1.29, 1.82) is 0 Å². The van der Waals surface area contributed by atoms with Crippen molar-refractivity contribution in [2.75, 3.05) is 0 Å². The molecule has 20 heavy (non-hydrogen) atoms. The van der Waals surface area contributed by atoms with Crippen molar-refractivity contribution in [2.24, 2.45) is 0 Å². The first-order chi connectivity index (χ1) is 9.47. The van der Waals surface area contributed by atoms with Crippen LogP contribution in [0.25, 0.3) is 11.1 Å². The van der Waals surface area contributed by atoms with E-state index in [4.69, 9.17) is 10.7 Å². The second-order valence-corrected chi connectivity index (χ2v) is 7.03. The van der Waals surface area contributed by atoms with Crippen LogP contribution in [0.5, 0.6) is 0 Å². The van der Waals surface area contributed by atoms with Crippen molar-refractivity contribution >= 4 is 25.6 Å². The summed E-state index contributed by atoms with van der Waals surface area (Å²) in [5.74, 6) is -0.277. The minimum atomic E-state index is -3.93. The molecule has 1 aliphatic heterocycles. The average molecular weight is 308 g/mol. The zero-order chi connectivity index (χ0) is 14.3. The van der Waals surface area contributed by atoms with Gasteiger partial charge in [0.1, 0.15) is 0 Å². The molecular formula is C14H10ClNO3S. The van der Waals surface area contributed by atoms with Crippen molar-refractivity contribution in [3.63, 3.8) is 0 Å². The molecule has 6 heteroatoms. The lowest BCUT2D eigenvalue weighted by Gasteiger charge is -2.09. The van der Waals surface area contributed by atoms with E-state index in [9.17, 15) is 13.2 Å². The summed E-state index contributed by atoms with van der Waals surface area (Å²) in [5, 5.41) is 2.67. The number of rotatable bonds is 2. The Morgan fingerprint density at radius 3 is 2.40 bits per heavy atom. The normalized spacial score (nSPS) is 13.9. The molecule has 0 bridgehead atoms. The lowest BCUT2D eigenvalue weighted by Crippen LogP contribution is -2.12. The van der Waals surface area contributed by atoms with Crippen LogP contribution in [-0.4, -0.2) is 14.3 Å². The van der Waals surface area contributed by atoms with Gasteiger partial charge in [-0.05, 0) is 23.3 Å². The fourth-order valence-corrected chi connectivity index (χ4v) is 3.38. The number of nitrogens with one attached hydrogen (secondary N) is 1. The number of halogens is 1. The number of fused-ring (bicyclic) bond motifs is 1. The molecular weight excluding hydrogens is 298 g/mol. The molecule has 1 amide bonds. The molecule has 0 spiro atoms. The zero-order valence-corrected chi connectivity index (χ0v) is 11.8. The first-order valence-corrected chi connectivity index (χ1v) is 8.23. The van der Waals surface area contributed by atoms with Gasteiger partial charge in [-0.2, -0.15) is 0 Å². The zero-order valence-electron chi connectivity index (χ0n) is 10.3. The largest absolute Gasteiger partial charge is 0.348 e. The molecule has 0 saturated heterocycles. The molecule has 1 N–H and O–H groups in total. The SMILES string of the molecule is O=C1NCc2cc(-c3ccccc3)c(S(=O)(=O)Cl)cc21. The van der Waals surface area contributed by atoms with Crippen molar-refractivity contribution in [3.05, 3.63) is 53.6 Å². The minimum Gasteiger partial charge on any atom is -0.348 e. The van der Waals surface area contributed by atoms with Gasteiger partial charge in [-0.25, -0.2) is 8.42 Å². The van der Waals surface area contributed by atoms with E-state index in [1.54, 1.807) is 18.2 Å². The van der Waals surface area contributed by atoms with Crippen LogP contribution >= 0.6 is 10.7 Å². The third-order valence-corrected chi connectivity index (χ3v) is 4.60. The van der Waals surface area contributed by atoms with Gasteiger partial charge < -0.3 is 5.32 Å². The summed E-state index contributed by atoms with van der Waals surface area (Å²) in [6, 6.07) is 12.1. The number of hydrogen-bond donors (Lipinski definition) is 1. The third-order valence-electron chi connectivity index (χ3n) is 3.24. The standard InChI is InChI=1S/C14H10ClNO3S/c15-20(18,19)13-7-12-10(8-16-14(12)17)6-11(13)9-4-2-1-3-5-9/h1-7H,8H2,(H,16,17). The summed E-state index contributed by atoms with van der Waals surface area (Å²) in [4.78, 5) is 11.6. The maximum atomic E-state index is 11.8. The Labute approximate surface area is 120 Å². The van der Waals surface area contributed by atoms with Crippen LogP contribution in [0.3, 0.4) is 0 Å². The van der Waals surface area contributed by atoms with Crippen LogP contribution in [0.1, 0.15) is 15.9 Å². The predicted octanol–water partition coefficient (Wildman–Crippen LogP) is 2.52. The Kier molecular flexibility index (Phi) is 3.03. The van der Waals surface area contributed by atoms with E-state index in [2.05, 4.69) is 5.32 Å². The van der Waals surface area contributed by atoms with Crippen LogP contribution in [0.4, 0.5) is 0 Å². The van der Waals surface area contributed by atoms with E-state index in [1.807, 2.05) is 18.2 Å². The minimum absolute atomic E-state index is 0.0406. The van der Waals surface area contributed by atoms with Crippen LogP contribution in [0.2, 0.25) is 0 Å². The molecule has 0 radical (unpaired) electrons. The molecule has 2 aromatic rings. The van der Waals surface area contributed by atoms with Gasteiger partial charge in [0.15, 0.2) is 0 Å². The van der Waals surface area contributed by atoms with Crippen molar-refractivity contribution in [1.82, 2.24) is 5.32 Å². The molecule has 0 saturated carbocycles. The molecule has 1 aliphatic rings. The van der Waals surface area contributed by atoms with Crippen molar-refractivity contribution in [2.45, 2.75) is 11.4 Å². The second-order valence-electron chi connectivity index (χ2n) is 4.49. The molecule has 102 valence electrons. The number of hydrogen-bond acceptors (Lipinski definition) is 3. The van der Waals surface area contributed by atoms with Gasteiger partial charge >= 0.3 is 0 Å². The summed E-state index contributed by atoms with van der Waals surface area (Å²) < 4.78 is 23.5. The Morgan fingerprint density at radius 1 is 1.05 bits per heavy atom. The third kappa shape index (κ3) is 2.19. The number of benzene rings is 2. The van der Waals surface area contributed by atoms with Gasteiger partial charge in [-0.15, -0.1) is 0 Å². The van der Waals surface area contributed by atoms with Crippen LogP contribution in [0.15, 0.2) is 47.4 Å². The van der Waals surface area contributed by atoms with Crippen LogP contribution in [-0.2, 0) is 15.6 Å². The Hall–Kier alpha value is -1.85. The summed E-state index contributed by atoms with van der Waals surface area (Å²) in [6.45, 7) is 0.399. The molecule has 1 heterocycles. The van der Waals surface area contributed by atoms with E-state index >= 15 is 0 Å². The summed E-state index contributed by atoms with van der Waals surface area (Å²) in [7, 11) is 1.57. The first-order valence-electron chi connectivity index (χ1n) is 5.92. The fourth-order valence-electron chi connectivity index (χ4n) is 2.30. The van der Waals surface area contributed by atoms with Crippen molar-refractivity contribution in [3.8, 4) is 11.1 Å². The van der Waals surface area contributed by atoms with Crippen LogP contribution < -0.4 is 5.32 Å². The summed E-state index contributed by atoms with van der Waals surface area (Å²) >= 11 is 0. The van der Waals surface area contributed by atoms with E-state index < -0.39 is 9.05 Å². The van der Waals surface area contributed by atoms with E-state index in [-0.39, 0.29) is 10.8 Å². The Morgan fingerprint density at radius 2 is 1.75 bits per heavy atom. The summed E-state index contributed by atoms with van der Waals surface area (Å²) in [6.07, 6.45) is 0. The number of carbonyl (C=O) groups excluding carboxylic acids is 1. The lowest BCUT2D eigenvalue weighted by atomic mass is 10.0. The summed E-state index contributed by atoms with van der Waals surface area (Å²) in [5.41, 5.74) is 2.39. The predicted molar refractivity (Wildman–Crippen MR) is 76.1 cm³/mol. The smallest absolute Gasteiger partial charge is 0.261 e. The second kappa shape index (κ2) is 4.61. The van der Waals surface area contributed by atoms with Crippen LogP contribution in [0, 0.1) is 0 Å². The van der Waals surface area contributed by atoms with Gasteiger partial charge in [-0.3, -0.25) is 4.79 Å². The number of amides is 1. The van der Waals surface area contributed by atoms with Gasteiger partial charge in [0.25, 0.3) is 15.0 Å². The molecule has 3 rings (SSSR count). The Bertz CT molecular complexity index is 801. The fraction of sp³-hybridized carbons (Fsp3) is 0.0714. The quantitative estimate of drug-likeness (QED) is 0.867. The molecule has 4 nitrogen and oxygen atoms in total. The Balaban J connectivity index is 2.32. The highest BCUT2D eigenvalue weighted by Gasteiger charge is 2.25. The average Bonchev–Trinajstić information content (AvgIpc) is 2.79. The molecule has 0 fully saturated rings.